The summed E-state index contributed by atoms with van der Waals surface area (Å²) in [5, 5.41) is 19.1. The summed E-state index contributed by atoms with van der Waals surface area (Å²) in [6.07, 6.45) is 0.800. The Morgan fingerprint density at radius 1 is 1.16 bits per heavy atom. The van der Waals surface area contributed by atoms with Crippen LogP contribution in [0.5, 0.6) is 11.7 Å². The average molecular weight is 339 g/mol. The van der Waals surface area contributed by atoms with Gasteiger partial charge in [0.15, 0.2) is 5.95 Å². The predicted molar refractivity (Wildman–Crippen MR) is 90.6 cm³/mol. The first-order valence-electron chi connectivity index (χ1n) is 8.16. The SMILES string of the molecule is COc1ccccc1CCNCc1c([O-])on[n+]1-c1ccc(C)cc1. The highest BCUT2D eigenvalue weighted by molar-refractivity contribution is 5.33. The second-order valence-electron chi connectivity index (χ2n) is 5.79. The van der Waals surface area contributed by atoms with Crippen LogP contribution in [0.2, 0.25) is 0 Å². The summed E-state index contributed by atoms with van der Waals surface area (Å²) in [5.41, 5.74) is 3.55. The fourth-order valence-corrected chi connectivity index (χ4v) is 2.64. The maximum atomic E-state index is 11.9. The Kier molecular flexibility index (Phi) is 5.30. The van der Waals surface area contributed by atoms with Gasteiger partial charge in [0.1, 0.15) is 5.75 Å². The molecule has 130 valence electrons. The van der Waals surface area contributed by atoms with Gasteiger partial charge in [-0.15, -0.1) is 0 Å². The number of ether oxygens (including phenoxy) is 1. The van der Waals surface area contributed by atoms with E-state index >= 15 is 0 Å². The summed E-state index contributed by atoms with van der Waals surface area (Å²) in [6.45, 7) is 3.10. The zero-order valence-electron chi connectivity index (χ0n) is 14.4. The largest absolute Gasteiger partial charge is 0.539 e. The summed E-state index contributed by atoms with van der Waals surface area (Å²) in [4.78, 5) is 0. The number of aromatic nitrogens is 2. The van der Waals surface area contributed by atoms with E-state index in [1.807, 2.05) is 55.5 Å². The normalized spacial score (nSPS) is 10.8. The number of methoxy groups -OCH3 is 1. The molecule has 6 nitrogen and oxygen atoms in total. The molecule has 0 aliphatic heterocycles. The summed E-state index contributed by atoms with van der Waals surface area (Å²) in [7, 11) is 1.66. The van der Waals surface area contributed by atoms with Gasteiger partial charge in [-0.3, -0.25) is 0 Å². The Morgan fingerprint density at radius 2 is 1.92 bits per heavy atom. The molecule has 0 unspecified atom stereocenters. The summed E-state index contributed by atoms with van der Waals surface area (Å²) in [6, 6.07) is 15.7. The van der Waals surface area contributed by atoms with Crippen molar-refractivity contribution in [3.05, 3.63) is 65.4 Å². The molecule has 0 aliphatic carbocycles. The minimum absolute atomic E-state index is 0.380. The molecule has 25 heavy (non-hydrogen) atoms. The first kappa shape index (κ1) is 17.0. The van der Waals surface area contributed by atoms with Gasteiger partial charge in [0, 0.05) is 12.1 Å². The molecule has 1 N–H and O–H groups in total. The molecule has 0 radical (unpaired) electrons. The second-order valence-corrected chi connectivity index (χ2v) is 5.79. The third-order valence-corrected chi connectivity index (χ3v) is 4.03. The Balaban J connectivity index is 1.64. The van der Waals surface area contributed by atoms with Gasteiger partial charge in [0.05, 0.1) is 18.9 Å². The lowest BCUT2D eigenvalue weighted by molar-refractivity contribution is -0.677. The van der Waals surface area contributed by atoms with Gasteiger partial charge in [0.2, 0.25) is 5.69 Å². The quantitative estimate of drug-likeness (QED) is 0.524. The highest BCUT2D eigenvalue weighted by Crippen LogP contribution is 2.17. The molecular formula is C19H21N3O3. The lowest BCUT2D eigenvalue weighted by atomic mass is 10.1. The zero-order valence-corrected chi connectivity index (χ0v) is 14.4. The molecule has 1 aromatic heterocycles. The van der Waals surface area contributed by atoms with Gasteiger partial charge >= 0.3 is 0 Å². The van der Waals surface area contributed by atoms with E-state index in [0.29, 0.717) is 18.8 Å². The van der Waals surface area contributed by atoms with Crippen molar-refractivity contribution in [2.75, 3.05) is 13.7 Å². The van der Waals surface area contributed by atoms with Gasteiger partial charge in [-0.1, -0.05) is 35.9 Å². The van der Waals surface area contributed by atoms with E-state index in [2.05, 4.69) is 10.6 Å². The third-order valence-electron chi connectivity index (χ3n) is 4.03. The number of nitrogens with zero attached hydrogens (tertiary/aromatic N) is 2. The van der Waals surface area contributed by atoms with Gasteiger partial charge in [0.25, 0.3) is 5.69 Å². The molecule has 0 atom stereocenters. The molecular weight excluding hydrogens is 318 g/mol. The van der Waals surface area contributed by atoms with Crippen molar-refractivity contribution in [2.24, 2.45) is 0 Å². The first-order valence-corrected chi connectivity index (χ1v) is 8.16. The van der Waals surface area contributed by atoms with E-state index in [1.165, 1.54) is 4.68 Å². The summed E-state index contributed by atoms with van der Waals surface area (Å²) in [5.74, 6) is 0.443. The molecule has 0 saturated heterocycles. The van der Waals surface area contributed by atoms with Crippen LogP contribution in [-0.4, -0.2) is 18.9 Å². The summed E-state index contributed by atoms with van der Waals surface area (Å²) < 4.78 is 11.7. The monoisotopic (exact) mass is 339 g/mol. The molecule has 6 heteroatoms. The number of hydrogen-bond acceptors (Lipinski definition) is 5. The van der Waals surface area contributed by atoms with Gasteiger partial charge in [-0.2, -0.15) is 0 Å². The predicted octanol–water partition coefficient (Wildman–Crippen LogP) is 1.67. The van der Waals surface area contributed by atoms with E-state index in [4.69, 9.17) is 9.26 Å². The van der Waals surface area contributed by atoms with Gasteiger partial charge < -0.3 is 19.7 Å². The minimum Gasteiger partial charge on any atom is -0.539 e. The van der Waals surface area contributed by atoms with Crippen molar-refractivity contribution in [2.45, 2.75) is 19.9 Å². The average Bonchev–Trinajstić information content (AvgIpc) is 3.00. The third kappa shape index (κ3) is 3.97. The van der Waals surface area contributed by atoms with Crippen molar-refractivity contribution >= 4 is 0 Å². The van der Waals surface area contributed by atoms with Crippen LogP contribution in [0.25, 0.3) is 5.69 Å². The van der Waals surface area contributed by atoms with Crippen LogP contribution >= 0.6 is 0 Å². The zero-order chi connectivity index (χ0) is 17.6. The van der Waals surface area contributed by atoms with E-state index in [1.54, 1.807) is 7.11 Å². The molecule has 0 bridgehead atoms. The topological polar surface area (TPSA) is 74.2 Å². The molecule has 0 spiro atoms. The van der Waals surface area contributed by atoms with Crippen molar-refractivity contribution in [3.63, 3.8) is 0 Å². The number of benzene rings is 2. The Labute approximate surface area is 146 Å². The fraction of sp³-hybridized carbons (Fsp3) is 0.263. The minimum atomic E-state index is -0.426. The molecule has 2 aromatic carbocycles. The van der Waals surface area contributed by atoms with Crippen molar-refractivity contribution in [1.29, 1.82) is 0 Å². The number of rotatable bonds is 7. The number of hydrogen-bond donors (Lipinski definition) is 1. The number of nitrogens with one attached hydrogen (secondary N) is 1. The van der Waals surface area contributed by atoms with E-state index in [-0.39, 0.29) is 0 Å². The Morgan fingerprint density at radius 3 is 2.68 bits per heavy atom. The van der Waals surface area contributed by atoms with Crippen molar-refractivity contribution in [1.82, 2.24) is 10.6 Å². The fourth-order valence-electron chi connectivity index (χ4n) is 2.64. The van der Waals surface area contributed by atoms with Gasteiger partial charge in [-0.05, 0) is 36.2 Å². The van der Waals surface area contributed by atoms with E-state index < -0.39 is 5.95 Å². The van der Waals surface area contributed by atoms with Crippen LogP contribution in [0.4, 0.5) is 0 Å². The van der Waals surface area contributed by atoms with Crippen LogP contribution in [-0.2, 0) is 13.0 Å². The lowest BCUT2D eigenvalue weighted by Crippen LogP contribution is -2.39. The molecule has 1 heterocycles. The van der Waals surface area contributed by atoms with Crippen LogP contribution in [0.3, 0.4) is 0 Å². The van der Waals surface area contributed by atoms with Crippen LogP contribution in [0, 0.1) is 6.92 Å². The highest BCUT2D eigenvalue weighted by atomic mass is 16.6. The lowest BCUT2D eigenvalue weighted by Gasteiger charge is -2.08. The van der Waals surface area contributed by atoms with Crippen molar-refractivity contribution < 1.29 is 19.0 Å². The first-order chi connectivity index (χ1) is 12.2. The van der Waals surface area contributed by atoms with E-state index in [0.717, 1.165) is 29.0 Å². The van der Waals surface area contributed by atoms with Gasteiger partial charge in [-0.25, -0.2) is 0 Å². The van der Waals surface area contributed by atoms with E-state index in [9.17, 15) is 5.11 Å². The van der Waals surface area contributed by atoms with Crippen LogP contribution < -0.4 is 19.8 Å². The van der Waals surface area contributed by atoms with Crippen molar-refractivity contribution in [3.8, 4) is 17.4 Å². The second kappa shape index (κ2) is 7.81. The molecule has 0 amide bonds. The number of para-hydroxylation sites is 1. The maximum absolute atomic E-state index is 11.9. The Bertz CT molecular complexity index is 828. The molecule has 0 fully saturated rings. The Hall–Kier alpha value is -2.86. The smallest absolute Gasteiger partial charge is 0.253 e. The van der Waals surface area contributed by atoms with Crippen LogP contribution in [0.1, 0.15) is 16.8 Å². The van der Waals surface area contributed by atoms with Crippen LogP contribution in [0.15, 0.2) is 53.1 Å². The molecule has 0 aliphatic rings. The standard InChI is InChI=1S/C19H21N3O3/c1-14-7-9-16(10-8-14)22-17(19(23)25-21-22)13-20-12-11-15-5-3-4-6-18(15)24-2/h3-10,20H,11-13H2,1-2H3. The summed E-state index contributed by atoms with van der Waals surface area (Å²) >= 11 is 0. The maximum Gasteiger partial charge on any atom is 0.253 e. The molecule has 3 rings (SSSR count). The number of aryl methyl sites for hydroxylation is 1. The molecule has 3 aromatic rings. The molecule has 0 saturated carbocycles. The highest BCUT2D eigenvalue weighted by Gasteiger charge is 2.19.